The zero-order chi connectivity index (χ0) is 20.8. The topological polar surface area (TPSA) is 69.9 Å². The molecule has 150 valence electrons. The summed E-state index contributed by atoms with van der Waals surface area (Å²) in [7, 11) is 0. The molecule has 0 bridgehead atoms. The fourth-order valence-electron chi connectivity index (χ4n) is 3.13. The Morgan fingerprint density at radius 2 is 1.64 bits per heavy atom. The van der Waals surface area contributed by atoms with Crippen LogP contribution in [0.2, 0.25) is 0 Å². The molecule has 1 aromatic carbocycles. The molecule has 0 aromatic heterocycles. The van der Waals surface area contributed by atoms with Crippen molar-refractivity contribution < 1.29 is 15.1 Å². The van der Waals surface area contributed by atoms with E-state index in [2.05, 4.69) is 45.0 Å². The third-order valence-electron chi connectivity index (χ3n) is 5.32. The predicted molar refractivity (Wildman–Crippen MR) is 115 cm³/mol. The van der Waals surface area contributed by atoms with Gasteiger partial charge in [-0.1, -0.05) is 69.3 Å². The van der Waals surface area contributed by atoms with Gasteiger partial charge in [-0.2, -0.15) is 0 Å². The third kappa shape index (κ3) is 6.52. The Hall–Kier alpha value is -2.62. The van der Waals surface area contributed by atoms with E-state index in [1.807, 2.05) is 12.2 Å². The number of rotatable bonds is 4. The lowest BCUT2D eigenvalue weighted by Crippen LogP contribution is -2.18. The Morgan fingerprint density at radius 3 is 2.21 bits per heavy atom. The zero-order valence-corrected chi connectivity index (χ0v) is 17.3. The van der Waals surface area contributed by atoms with Gasteiger partial charge in [-0.15, -0.1) is 0 Å². The van der Waals surface area contributed by atoms with Crippen molar-refractivity contribution in [1.29, 1.82) is 0 Å². The molecule has 0 fully saturated rings. The Labute approximate surface area is 168 Å². The highest BCUT2D eigenvalue weighted by molar-refractivity contribution is 6.12. The van der Waals surface area contributed by atoms with Gasteiger partial charge < -0.3 is 10.3 Å². The largest absolute Gasteiger partial charge is 0.478 e. The van der Waals surface area contributed by atoms with E-state index in [4.69, 9.17) is 5.11 Å². The average molecular weight is 382 g/mol. The second-order valence-electron chi connectivity index (χ2n) is 9.04. The monoisotopic (exact) mass is 381 g/mol. The number of hydrogen-bond donors (Lipinski definition) is 2. The molecule has 0 unspecified atom stereocenters. The fraction of sp³-hybridized carbons (Fsp3) is 0.417. The van der Waals surface area contributed by atoms with Crippen LogP contribution in [0.1, 0.15) is 69.3 Å². The highest BCUT2D eigenvalue weighted by atomic mass is 16.4. The van der Waals surface area contributed by atoms with E-state index in [1.165, 1.54) is 6.42 Å². The van der Waals surface area contributed by atoms with E-state index in [0.29, 0.717) is 5.71 Å². The molecule has 0 atom stereocenters. The Morgan fingerprint density at radius 1 is 1.04 bits per heavy atom. The average Bonchev–Trinajstić information content (AvgIpc) is 2.64. The molecule has 0 radical (unpaired) electrons. The van der Waals surface area contributed by atoms with E-state index in [-0.39, 0.29) is 16.4 Å². The molecule has 4 heteroatoms. The normalized spacial score (nSPS) is 23.0. The maximum Gasteiger partial charge on any atom is 0.335 e. The number of carbonyl (C=O) groups is 1. The summed E-state index contributed by atoms with van der Waals surface area (Å²) >= 11 is 0. The van der Waals surface area contributed by atoms with Gasteiger partial charge in [-0.25, -0.2) is 4.79 Å². The summed E-state index contributed by atoms with van der Waals surface area (Å²) in [6, 6.07) is 6.59. The van der Waals surface area contributed by atoms with E-state index in [9.17, 15) is 10.0 Å². The van der Waals surface area contributed by atoms with Crippen molar-refractivity contribution in [3.8, 4) is 0 Å². The number of benzene rings is 1. The second-order valence-corrected chi connectivity index (χ2v) is 9.04. The van der Waals surface area contributed by atoms with Crippen molar-refractivity contribution in [3.63, 3.8) is 0 Å². The third-order valence-corrected chi connectivity index (χ3v) is 5.32. The number of hydrogen-bond acceptors (Lipinski definition) is 3. The molecule has 0 saturated carbocycles. The van der Waals surface area contributed by atoms with Crippen molar-refractivity contribution >= 4 is 17.8 Å². The quantitative estimate of drug-likeness (QED) is 0.363. The van der Waals surface area contributed by atoms with Crippen LogP contribution in [0.25, 0.3) is 6.08 Å². The Kier molecular flexibility index (Phi) is 7.00. The van der Waals surface area contributed by atoms with Gasteiger partial charge in [0.15, 0.2) is 0 Å². The number of nitrogens with zero attached hydrogens (tertiary/aromatic N) is 1. The zero-order valence-electron chi connectivity index (χ0n) is 17.3. The van der Waals surface area contributed by atoms with E-state index in [1.54, 1.807) is 30.3 Å². The number of aromatic carboxylic acids is 1. The van der Waals surface area contributed by atoms with Gasteiger partial charge in [-0.3, -0.25) is 0 Å². The molecule has 0 aliphatic heterocycles. The van der Waals surface area contributed by atoms with Gasteiger partial charge in [0.05, 0.1) is 5.56 Å². The second kappa shape index (κ2) is 9.05. The molecule has 4 nitrogen and oxygen atoms in total. The van der Waals surface area contributed by atoms with Crippen LogP contribution < -0.4 is 0 Å². The highest BCUT2D eigenvalue weighted by Gasteiger charge is 2.24. The van der Waals surface area contributed by atoms with Gasteiger partial charge in [0, 0.05) is 0 Å². The smallest absolute Gasteiger partial charge is 0.335 e. The summed E-state index contributed by atoms with van der Waals surface area (Å²) in [6.07, 6.45) is 14.1. The van der Waals surface area contributed by atoms with Gasteiger partial charge in [0.2, 0.25) is 0 Å². The number of carboxylic acids is 1. The van der Waals surface area contributed by atoms with Crippen LogP contribution in [0.15, 0.2) is 59.3 Å². The molecule has 0 heterocycles. The summed E-state index contributed by atoms with van der Waals surface area (Å²) in [4.78, 5) is 11.0. The summed E-state index contributed by atoms with van der Waals surface area (Å²) < 4.78 is 0. The van der Waals surface area contributed by atoms with E-state index >= 15 is 0 Å². The molecule has 0 saturated heterocycles. The van der Waals surface area contributed by atoms with Crippen LogP contribution in [-0.4, -0.2) is 22.0 Å². The van der Waals surface area contributed by atoms with Crippen molar-refractivity contribution in [2.24, 2.45) is 16.0 Å². The summed E-state index contributed by atoms with van der Waals surface area (Å²) in [5.74, 6) is -0.949. The molecular formula is C24H31NO3. The molecule has 0 amide bonds. The number of allylic oxidation sites excluding steroid dienone is 5. The molecule has 1 aromatic rings. The Balaban J connectivity index is 2.25. The van der Waals surface area contributed by atoms with Crippen LogP contribution in [0.4, 0.5) is 0 Å². The molecule has 1 aliphatic rings. The van der Waals surface area contributed by atoms with E-state index in [0.717, 1.165) is 30.4 Å². The lowest BCUT2D eigenvalue weighted by atomic mass is 9.75. The van der Waals surface area contributed by atoms with Crippen molar-refractivity contribution in [1.82, 2.24) is 0 Å². The van der Waals surface area contributed by atoms with E-state index < -0.39 is 5.97 Å². The number of oxime groups is 1. The minimum Gasteiger partial charge on any atom is -0.478 e. The molecule has 0 spiro atoms. The lowest BCUT2D eigenvalue weighted by molar-refractivity contribution is 0.0697. The van der Waals surface area contributed by atoms with Crippen LogP contribution in [0.3, 0.4) is 0 Å². The maximum atomic E-state index is 11.0. The van der Waals surface area contributed by atoms with Crippen molar-refractivity contribution in [2.75, 3.05) is 0 Å². The summed E-state index contributed by atoms with van der Waals surface area (Å²) in [5, 5.41) is 22.1. The lowest BCUT2D eigenvalue weighted by Gasteiger charge is -2.31. The first-order valence-corrected chi connectivity index (χ1v) is 9.72. The van der Waals surface area contributed by atoms with Crippen molar-refractivity contribution in [3.05, 3.63) is 65.3 Å². The molecule has 28 heavy (non-hydrogen) atoms. The van der Waals surface area contributed by atoms with Crippen LogP contribution >= 0.6 is 0 Å². The first kappa shape index (κ1) is 21.7. The van der Waals surface area contributed by atoms with Crippen LogP contribution in [0.5, 0.6) is 0 Å². The summed E-state index contributed by atoms with van der Waals surface area (Å²) in [5.41, 5.74) is 2.91. The fourth-order valence-corrected chi connectivity index (χ4v) is 3.13. The van der Waals surface area contributed by atoms with Gasteiger partial charge in [-0.05, 0) is 65.9 Å². The predicted octanol–water partition coefficient (Wildman–Crippen LogP) is 6.34. The molecule has 1 aliphatic carbocycles. The van der Waals surface area contributed by atoms with Crippen LogP contribution in [-0.2, 0) is 0 Å². The first-order chi connectivity index (χ1) is 13.1. The first-order valence-electron chi connectivity index (χ1n) is 9.72. The highest BCUT2D eigenvalue weighted by Crippen LogP contribution is 2.37. The van der Waals surface area contributed by atoms with Gasteiger partial charge in [0.25, 0.3) is 0 Å². The molecule has 2 rings (SSSR count). The van der Waals surface area contributed by atoms with Crippen LogP contribution in [0, 0.1) is 10.8 Å². The van der Waals surface area contributed by atoms with Gasteiger partial charge in [0.1, 0.15) is 5.71 Å². The number of carboxylic acid groups (broad SMARTS) is 1. The van der Waals surface area contributed by atoms with Crippen molar-refractivity contribution in [2.45, 2.75) is 53.4 Å². The standard InChI is InChI=1S/C24H31NO3/c1-23(2)14-5-6-19(13-15-24(3,4)17-16-23)21(25-28)12-9-18-7-10-20(11-8-18)22(26)27/h5-13,28H,14-17H2,1-4H3,(H,26,27)/b6-5-,12-9+,19-13+,25-21-. The minimum absolute atomic E-state index is 0.185. The molecular weight excluding hydrogens is 350 g/mol. The maximum absolute atomic E-state index is 11.0. The van der Waals surface area contributed by atoms with Gasteiger partial charge >= 0.3 is 5.97 Å². The molecule has 2 N–H and O–H groups in total. The summed E-state index contributed by atoms with van der Waals surface area (Å²) in [6.45, 7) is 9.14. The minimum atomic E-state index is -0.949. The Bertz CT molecular complexity index is 809. The SMILES string of the molecule is CC1(C)C\C=C/C(C(/C=C/c2ccc(C(=O)O)cc2)=N\O)=C\CC(C)(C)CC1.